The van der Waals surface area contributed by atoms with E-state index in [0.717, 1.165) is 39.2 Å². The number of aryl methyl sites for hydroxylation is 1. The molecule has 4 aromatic rings. The van der Waals surface area contributed by atoms with Crippen molar-refractivity contribution in [2.45, 2.75) is 20.5 Å². The average molecular weight is 540 g/mol. The highest BCUT2D eigenvalue weighted by Crippen LogP contribution is 2.35. The molecule has 0 aromatic heterocycles. The number of fused-ring (bicyclic) bond motifs is 1. The Morgan fingerprint density at radius 1 is 0.846 bits per heavy atom. The lowest BCUT2D eigenvalue weighted by atomic mass is 10.1. The summed E-state index contributed by atoms with van der Waals surface area (Å²) >= 11 is 0.928. The molecule has 5 rings (SSSR count). The van der Waals surface area contributed by atoms with Gasteiger partial charge in [-0.25, -0.2) is 0 Å². The van der Waals surface area contributed by atoms with Crippen LogP contribution in [0, 0.1) is 6.92 Å². The van der Waals surface area contributed by atoms with E-state index in [1.54, 1.807) is 6.08 Å². The van der Waals surface area contributed by atoms with Gasteiger partial charge in [-0.3, -0.25) is 14.5 Å². The Kier molecular flexibility index (Phi) is 8.18. The average Bonchev–Trinajstić information content (AvgIpc) is 3.21. The van der Waals surface area contributed by atoms with Crippen LogP contribution in [0.3, 0.4) is 0 Å². The molecule has 0 spiro atoms. The maximum Gasteiger partial charge on any atom is 0.293 e. The first-order valence-electron chi connectivity index (χ1n) is 12.8. The van der Waals surface area contributed by atoms with Gasteiger partial charge in [-0.05, 0) is 77.9 Å². The highest BCUT2D eigenvalue weighted by molar-refractivity contribution is 8.18. The smallest absolute Gasteiger partial charge is 0.293 e. The first-order chi connectivity index (χ1) is 19.0. The molecule has 1 heterocycles. The molecular weight excluding hydrogens is 510 g/mol. The zero-order valence-electron chi connectivity index (χ0n) is 21.9. The highest BCUT2D eigenvalue weighted by atomic mass is 32.2. The molecule has 6 nitrogen and oxygen atoms in total. The monoisotopic (exact) mass is 539 g/mol. The van der Waals surface area contributed by atoms with Crippen LogP contribution >= 0.6 is 11.8 Å². The van der Waals surface area contributed by atoms with Crippen molar-refractivity contribution in [3.63, 3.8) is 0 Å². The van der Waals surface area contributed by atoms with E-state index in [9.17, 15) is 9.59 Å². The van der Waals surface area contributed by atoms with E-state index in [2.05, 4.69) is 24.3 Å². The number of carbonyl (C=O) groups is 2. The summed E-state index contributed by atoms with van der Waals surface area (Å²) in [7, 11) is 0. The molecule has 39 heavy (non-hydrogen) atoms. The number of amides is 2. The van der Waals surface area contributed by atoms with E-state index in [-0.39, 0.29) is 24.3 Å². The van der Waals surface area contributed by atoms with Gasteiger partial charge in [0.2, 0.25) is 0 Å². The van der Waals surface area contributed by atoms with Gasteiger partial charge >= 0.3 is 0 Å². The standard InChI is InChI=1S/C32H29NO5S/c1-3-36-29-19-23(13-16-28(29)38-21-25-9-6-8-24-7-4-5-10-27(24)25)20-30-31(34)33(32(35)39-30)17-18-37-26-14-11-22(2)12-15-26/h4-16,19-20H,3,17-18,21H2,1-2H3/b30-20-. The van der Waals surface area contributed by atoms with Crippen LogP contribution in [0.2, 0.25) is 0 Å². The molecule has 0 atom stereocenters. The van der Waals surface area contributed by atoms with Gasteiger partial charge in [-0.2, -0.15) is 0 Å². The fourth-order valence-corrected chi connectivity index (χ4v) is 5.17. The molecule has 2 amide bonds. The lowest BCUT2D eigenvalue weighted by molar-refractivity contribution is -0.123. The van der Waals surface area contributed by atoms with Crippen molar-refractivity contribution in [2.24, 2.45) is 0 Å². The second-order valence-electron chi connectivity index (χ2n) is 9.06. The van der Waals surface area contributed by atoms with Crippen LogP contribution in [-0.4, -0.2) is 35.8 Å². The summed E-state index contributed by atoms with van der Waals surface area (Å²) in [5.74, 6) is 1.57. The topological polar surface area (TPSA) is 65.1 Å². The molecule has 198 valence electrons. The molecule has 1 saturated heterocycles. The second kappa shape index (κ2) is 12.1. The van der Waals surface area contributed by atoms with Crippen molar-refractivity contribution in [1.29, 1.82) is 0 Å². The predicted octanol–water partition coefficient (Wildman–Crippen LogP) is 7.24. The van der Waals surface area contributed by atoms with Crippen LogP contribution in [0.25, 0.3) is 16.8 Å². The summed E-state index contributed by atoms with van der Waals surface area (Å²) < 4.78 is 17.7. The number of hydrogen-bond donors (Lipinski definition) is 0. The van der Waals surface area contributed by atoms with E-state index < -0.39 is 0 Å². The maximum atomic E-state index is 13.0. The summed E-state index contributed by atoms with van der Waals surface area (Å²) in [4.78, 5) is 27.1. The third-order valence-corrected chi connectivity index (χ3v) is 7.21. The predicted molar refractivity (Wildman–Crippen MR) is 155 cm³/mol. The van der Waals surface area contributed by atoms with Crippen molar-refractivity contribution in [3.05, 3.63) is 107 Å². The largest absolute Gasteiger partial charge is 0.492 e. The molecule has 0 saturated carbocycles. The number of ether oxygens (including phenoxy) is 3. The zero-order valence-corrected chi connectivity index (χ0v) is 22.7. The second-order valence-corrected chi connectivity index (χ2v) is 10.1. The minimum absolute atomic E-state index is 0.182. The molecule has 0 unspecified atom stereocenters. The molecule has 0 aliphatic carbocycles. The minimum atomic E-state index is -0.327. The first kappa shape index (κ1) is 26.4. The van der Waals surface area contributed by atoms with Crippen LogP contribution in [0.4, 0.5) is 4.79 Å². The van der Waals surface area contributed by atoms with Gasteiger partial charge in [-0.1, -0.05) is 66.2 Å². The molecule has 1 fully saturated rings. The molecule has 7 heteroatoms. The zero-order chi connectivity index (χ0) is 27.2. The molecule has 0 N–H and O–H groups in total. The number of hydrogen-bond acceptors (Lipinski definition) is 6. The summed E-state index contributed by atoms with van der Waals surface area (Å²) in [6.45, 7) is 5.17. The van der Waals surface area contributed by atoms with Crippen LogP contribution in [-0.2, 0) is 11.4 Å². The Labute approximate surface area is 232 Å². The lowest BCUT2D eigenvalue weighted by Crippen LogP contribution is -2.32. The Morgan fingerprint density at radius 2 is 1.64 bits per heavy atom. The van der Waals surface area contributed by atoms with E-state index >= 15 is 0 Å². The Hall–Kier alpha value is -4.23. The molecule has 1 aliphatic heterocycles. The summed E-state index contributed by atoms with van der Waals surface area (Å²) in [6.07, 6.45) is 1.71. The Balaban J connectivity index is 1.26. The highest BCUT2D eigenvalue weighted by Gasteiger charge is 2.34. The summed E-state index contributed by atoms with van der Waals surface area (Å²) in [5, 5.41) is 2.00. The molecule has 4 aromatic carbocycles. The van der Waals surface area contributed by atoms with Crippen molar-refractivity contribution in [2.75, 3.05) is 19.8 Å². The number of benzene rings is 4. The SMILES string of the molecule is CCOc1cc(/C=C2\SC(=O)N(CCOc3ccc(C)cc3)C2=O)ccc1OCc1cccc2ccccc12. The van der Waals surface area contributed by atoms with Gasteiger partial charge in [0.25, 0.3) is 11.1 Å². The van der Waals surface area contributed by atoms with E-state index in [1.807, 2.05) is 74.5 Å². The molecule has 0 bridgehead atoms. The fourth-order valence-electron chi connectivity index (χ4n) is 4.31. The molecular formula is C32H29NO5S. The van der Waals surface area contributed by atoms with Gasteiger partial charge in [0, 0.05) is 0 Å². The lowest BCUT2D eigenvalue weighted by Gasteiger charge is -2.14. The number of rotatable bonds is 10. The summed E-state index contributed by atoms with van der Waals surface area (Å²) in [6, 6.07) is 27.5. The van der Waals surface area contributed by atoms with Crippen molar-refractivity contribution < 1.29 is 23.8 Å². The van der Waals surface area contributed by atoms with Crippen LogP contribution in [0.1, 0.15) is 23.6 Å². The maximum absolute atomic E-state index is 13.0. The molecule has 1 aliphatic rings. The first-order valence-corrected chi connectivity index (χ1v) is 13.6. The molecule has 0 radical (unpaired) electrons. The van der Waals surface area contributed by atoms with E-state index in [4.69, 9.17) is 14.2 Å². The van der Waals surface area contributed by atoms with Crippen molar-refractivity contribution in [1.82, 2.24) is 4.90 Å². The van der Waals surface area contributed by atoms with Gasteiger partial charge in [0.1, 0.15) is 19.0 Å². The van der Waals surface area contributed by atoms with Gasteiger partial charge in [0.15, 0.2) is 11.5 Å². The number of imide groups is 1. The van der Waals surface area contributed by atoms with E-state index in [1.165, 1.54) is 4.90 Å². The van der Waals surface area contributed by atoms with Crippen LogP contribution < -0.4 is 14.2 Å². The van der Waals surface area contributed by atoms with Crippen LogP contribution in [0.5, 0.6) is 17.2 Å². The normalized spacial score (nSPS) is 14.3. The van der Waals surface area contributed by atoms with Gasteiger partial charge < -0.3 is 14.2 Å². The fraction of sp³-hybridized carbons (Fsp3) is 0.188. The van der Waals surface area contributed by atoms with Crippen molar-refractivity contribution >= 4 is 39.8 Å². The quantitative estimate of drug-likeness (QED) is 0.198. The number of carbonyl (C=O) groups excluding carboxylic acids is 2. The van der Waals surface area contributed by atoms with Crippen molar-refractivity contribution in [3.8, 4) is 17.2 Å². The van der Waals surface area contributed by atoms with Crippen LogP contribution in [0.15, 0.2) is 89.8 Å². The Morgan fingerprint density at radius 3 is 2.46 bits per heavy atom. The van der Waals surface area contributed by atoms with Gasteiger partial charge in [-0.15, -0.1) is 0 Å². The number of thioether (sulfide) groups is 1. The minimum Gasteiger partial charge on any atom is -0.492 e. The number of nitrogens with zero attached hydrogens (tertiary/aromatic N) is 1. The Bertz CT molecular complexity index is 1520. The summed E-state index contributed by atoms with van der Waals surface area (Å²) in [5.41, 5.74) is 2.97. The van der Waals surface area contributed by atoms with E-state index in [0.29, 0.717) is 35.4 Å². The van der Waals surface area contributed by atoms with Gasteiger partial charge in [0.05, 0.1) is 18.1 Å². The third-order valence-electron chi connectivity index (χ3n) is 6.31. The third kappa shape index (κ3) is 6.26.